The number of amides is 1. The number of carbonyl (C=O) groups excluding carboxylic acids is 2. The Hall–Kier alpha value is -1.66. The summed E-state index contributed by atoms with van der Waals surface area (Å²) in [6.45, 7) is 6.43. The summed E-state index contributed by atoms with van der Waals surface area (Å²) in [5.74, 6) is -0.486. The lowest BCUT2D eigenvalue weighted by molar-refractivity contribution is -0.151. The Kier molecular flexibility index (Phi) is 41.2. The highest BCUT2D eigenvalue weighted by molar-refractivity contribution is 5.77. The highest BCUT2D eigenvalue weighted by Crippen LogP contribution is 2.17. The molecule has 0 saturated heterocycles. The van der Waals surface area contributed by atoms with E-state index in [0.717, 1.165) is 77.0 Å². The van der Waals surface area contributed by atoms with Crippen molar-refractivity contribution in [1.29, 1.82) is 0 Å². The van der Waals surface area contributed by atoms with Gasteiger partial charge in [0.2, 0.25) is 5.91 Å². The van der Waals surface area contributed by atoms with E-state index in [-0.39, 0.29) is 24.9 Å². The van der Waals surface area contributed by atoms with Crippen LogP contribution in [0, 0.1) is 0 Å². The van der Waals surface area contributed by atoms with Crippen LogP contribution in [0.4, 0.5) is 0 Å². The number of unbranched alkanes of at least 4 members (excludes halogenated alkanes) is 27. The number of carbonyl (C=O) groups is 2. The second-order valence-corrected chi connectivity index (χ2v) is 16.2. The van der Waals surface area contributed by atoms with Gasteiger partial charge in [0.05, 0.1) is 25.2 Å². The van der Waals surface area contributed by atoms with E-state index in [2.05, 4.69) is 50.4 Å². The van der Waals surface area contributed by atoms with Crippen LogP contribution in [-0.2, 0) is 14.3 Å². The molecule has 0 spiro atoms. The first-order valence-corrected chi connectivity index (χ1v) is 23.6. The van der Waals surface area contributed by atoms with Crippen molar-refractivity contribution >= 4 is 11.9 Å². The van der Waals surface area contributed by atoms with Gasteiger partial charge in [0.25, 0.3) is 0 Å². The van der Waals surface area contributed by atoms with Gasteiger partial charge in [-0.05, 0) is 51.4 Å². The summed E-state index contributed by atoms with van der Waals surface area (Å²) in [6, 6.07) is -0.701. The van der Waals surface area contributed by atoms with Crippen molar-refractivity contribution in [3.63, 3.8) is 0 Å². The third-order valence-corrected chi connectivity index (χ3v) is 10.8. The van der Waals surface area contributed by atoms with E-state index in [1.165, 1.54) is 122 Å². The molecule has 6 heteroatoms. The fourth-order valence-corrected chi connectivity index (χ4v) is 7.19. The Bertz CT molecular complexity index is 858. The molecular formula is C48H91NO5. The first-order valence-electron chi connectivity index (χ1n) is 23.6. The van der Waals surface area contributed by atoms with E-state index in [1.807, 2.05) is 0 Å². The molecule has 0 radical (unpaired) electrons. The quantitative estimate of drug-likeness (QED) is 0.0327. The average molecular weight is 762 g/mol. The number of hydrogen-bond acceptors (Lipinski definition) is 5. The summed E-state index contributed by atoms with van der Waals surface area (Å²) in [5.41, 5.74) is 0. The second-order valence-electron chi connectivity index (χ2n) is 16.2. The first kappa shape index (κ1) is 52.3. The molecule has 0 rings (SSSR count). The van der Waals surface area contributed by atoms with Crippen molar-refractivity contribution in [3.05, 3.63) is 24.3 Å². The maximum atomic E-state index is 13.1. The van der Waals surface area contributed by atoms with Crippen LogP contribution in [-0.4, -0.2) is 46.9 Å². The Morgan fingerprint density at radius 1 is 0.537 bits per heavy atom. The molecule has 1 amide bonds. The van der Waals surface area contributed by atoms with E-state index in [0.29, 0.717) is 19.3 Å². The molecule has 3 atom stereocenters. The number of ether oxygens (including phenoxy) is 1. The number of allylic oxidation sites excluding steroid dienone is 4. The minimum Gasteiger partial charge on any atom is -0.462 e. The molecule has 0 bridgehead atoms. The molecular weight excluding hydrogens is 671 g/mol. The van der Waals surface area contributed by atoms with E-state index >= 15 is 0 Å². The Morgan fingerprint density at radius 3 is 1.41 bits per heavy atom. The molecule has 0 saturated carbocycles. The molecule has 6 nitrogen and oxygen atoms in total. The number of aliphatic hydroxyl groups excluding tert-OH is 2. The normalized spacial score (nSPS) is 13.5. The van der Waals surface area contributed by atoms with Gasteiger partial charge in [0, 0.05) is 6.42 Å². The third kappa shape index (κ3) is 37.3. The van der Waals surface area contributed by atoms with Crippen molar-refractivity contribution in [1.82, 2.24) is 5.32 Å². The van der Waals surface area contributed by atoms with E-state index in [4.69, 9.17) is 4.74 Å². The van der Waals surface area contributed by atoms with Gasteiger partial charge in [-0.2, -0.15) is 0 Å². The van der Waals surface area contributed by atoms with Gasteiger partial charge >= 0.3 is 5.97 Å². The third-order valence-electron chi connectivity index (χ3n) is 10.8. The van der Waals surface area contributed by atoms with Gasteiger partial charge in [0.1, 0.15) is 6.10 Å². The zero-order chi connectivity index (χ0) is 39.6. The molecule has 0 fully saturated rings. The average Bonchev–Trinajstić information content (AvgIpc) is 3.16. The molecule has 318 valence electrons. The zero-order valence-electron chi connectivity index (χ0n) is 36.1. The van der Waals surface area contributed by atoms with Crippen LogP contribution < -0.4 is 5.32 Å². The summed E-state index contributed by atoms with van der Waals surface area (Å²) < 4.78 is 5.90. The van der Waals surface area contributed by atoms with Gasteiger partial charge in [-0.15, -0.1) is 0 Å². The predicted octanol–water partition coefficient (Wildman–Crippen LogP) is 13.6. The molecule has 0 aromatic rings. The molecule has 3 N–H and O–H groups in total. The van der Waals surface area contributed by atoms with Gasteiger partial charge < -0.3 is 20.3 Å². The SMILES string of the molecule is CCCCC/C=C/C=C/CCCCCCC(CC(=O)NC(CO)C(O)CCCCCCCCCCCC)OC(=O)CCCCCCCCCCCCCC. The monoisotopic (exact) mass is 762 g/mol. The largest absolute Gasteiger partial charge is 0.462 e. The van der Waals surface area contributed by atoms with Crippen molar-refractivity contribution in [3.8, 4) is 0 Å². The number of nitrogens with one attached hydrogen (secondary N) is 1. The molecule has 54 heavy (non-hydrogen) atoms. The number of hydrogen-bond donors (Lipinski definition) is 3. The van der Waals surface area contributed by atoms with Crippen LogP contribution in [0.2, 0.25) is 0 Å². The summed E-state index contributed by atoms with van der Waals surface area (Å²) in [5, 5.41) is 23.6. The van der Waals surface area contributed by atoms with Crippen LogP contribution in [0.5, 0.6) is 0 Å². The van der Waals surface area contributed by atoms with Crippen LogP contribution in [0.1, 0.15) is 245 Å². The maximum absolute atomic E-state index is 13.1. The first-order chi connectivity index (χ1) is 26.5. The summed E-state index contributed by atoms with van der Waals surface area (Å²) in [4.78, 5) is 26.0. The number of rotatable bonds is 42. The van der Waals surface area contributed by atoms with Crippen LogP contribution >= 0.6 is 0 Å². The number of aliphatic hydroxyl groups is 2. The minimum absolute atomic E-state index is 0.0684. The van der Waals surface area contributed by atoms with Crippen molar-refractivity contribution in [2.24, 2.45) is 0 Å². The Morgan fingerprint density at radius 2 is 0.926 bits per heavy atom. The van der Waals surface area contributed by atoms with E-state index in [1.54, 1.807) is 0 Å². The lowest BCUT2D eigenvalue weighted by Crippen LogP contribution is -2.46. The van der Waals surface area contributed by atoms with Crippen LogP contribution in [0.15, 0.2) is 24.3 Å². The topological polar surface area (TPSA) is 95.9 Å². The van der Waals surface area contributed by atoms with Crippen molar-refractivity contribution in [2.75, 3.05) is 6.61 Å². The predicted molar refractivity (Wildman–Crippen MR) is 232 cm³/mol. The molecule has 0 aliphatic rings. The fraction of sp³-hybridized carbons (Fsp3) is 0.875. The Labute approximate surface area is 335 Å². The highest BCUT2D eigenvalue weighted by atomic mass is 16.5. The highest BCUT2D eigenvalue weighted by Gasteiger charge is 2.24. The van der Waals surface area contributed by atoms with E-state index in [9.17, 15) is 19.8 Å². The van der Waals surface area contributed by atoms with Gasteiger partial charge in [0.15, 0.2) is 0 Å². The molecule has 3 unspecified atom stereocenters. The number of esters is 1. The lowest BCUT2D eigenvalue weighted by atomic mass is 10.0. The fourth-order valence-electron chi connectivity index (χ4n) is 7.19. The summed E-state index contributed by atoms with van der Waals surface area (Å²) in [6.07, 6.45) is 46.6. The van der Waals surface area contributed by atoms with Crippen LogP contribution in [0.3, 0.4) is 0 Å². The zero-order valence-corrected chi connectivity index (χ0v) is 36.1. The van der Waals surface area contributed by atoms with Crippen molar-refractivity contribution < 1.29 is 24.5 Å². The molecule has 0 aromatic heterocycles. The molecule has 0 aliphatic heterocycles. The maximum Gasteiger partial charge on any atom is 0.306 e. The van der Waals surface area contributed by atoms with Gasteiger partial charge in [-0.3, -0.25) is 9.59 Å². The smallest absolute Gasteiger partial charge is 0.306 e. The van der Waals surface area contributed by atoms with Gasteiger partial charge in [-0.25, -0.2) is 0 Å². The Balaban J connectivity index is 4.62. The molecule has 0 aliphatic carbocycles. The lowest BCUT2D eigenvalue weighted by Gasteiger charge is -2.24. The molecule has 0 aromatic carbocycles. The van der Waals surface area contributed by atoms with Gasteiger partial charge in [-0.1, -0.05) is 206 Å². The second kappa shape index (κ2) is 42.5. The molecule has 0 heterocycles. The van der Waals surface area contributed by atoms with E-state index < -0.39 is 18.2 Å². The van der Waals surface area contributed by atoms with Crippen molar-refractivity contribution in [2.45, 2.75) is 264 Å². The summed E-state index contributed by atoms with van der Waals surface area (Å²) in [7, 11) is 0. The summed E-state index contributed by atoms with van der Waals surface area (Å²) >= 11 is 0. The van der Waals surface area contributed by atoms with Crippen LogP contribution in [0.25, 0.3) is 0 Å². The standard InChI is InChI=1S/C48H91NO5/c1-4-7-10-13-16-19-22-24-25-27-30-33-36-39-44(54-48(53)41-38-35-32-29-26-23-20-17-14-11-8-5-2)42-47(52)49-45(43-50)46(51)40-37-34-31-28-21-18-15-12-9-6-3/h16,19,22,24,44-46,50-51H,4-15,17-18,20-21,23,25-43H2,1-3H3,(H,49,52)/b19-16+,24-22+. The minimum atomic E-state index is -0.787.